The lowest BCUT2D eigenvalue weighted by Crippen LogP contribution is -2.40. The minimum absolute atomic E-state index is 0.133. The summed E-state index contributed by atoms with van der Waals surface area (Å²) in [6.45, 7) is 1.90. The van der Waals surface area contributed by atoms with Crippen molar-refractivity contribution in [3.05, 3.63) is 34.9 Å². The second kappa shape index (κ2) is 9.04. The average Bonchev–Trinajstić information content (AvgIpc) is 3.05. The molecule has 1 amide bonds. The molecule has 132 valence electrons. The lowest BCUT2D eigenvalue weighted by molar-refractivity contribution is -0.140. The molecule has 2 atom stereocenters. The number of carboxylic acids is 1. The number of hydrogen-bond acceptors (Lipinski definition) is 3. The fourth-order valence-corrected chi connectivity index (χ4v) is 3.11. The number of aliphatic carboxylic acids is 1. The fourth-order valence-electron chi connectivity index (χ4n) is 2.99. The van der Waals surface area contributed by atoms with Crippen LogP contribution in [0, 0.1) is 0 Å². The molecule has 0 saturated heterocycles. The first-order valence-corrected chi connectivity index (χ1v) is 8.80. The molecule has 1 fully saturated rings. The summed E-state index contributed by atoms with van der Waals surface area (Å²) in [5, 5.41) is 12.5. The van der Waals surface area contributed by atoms with Gasteiger partial charge in [0.1, 0.15) is 6.10 Å². The van der Waals surface area contributed by atoms with E-state index in [0.29, 0.717) is 17.0 Å². The van der Waals surface area contributed by atoms with Gasteiger partial charge in [-0.3, -0.25) is 9.59 Å². The molecule has 0 aliphatic heterocycles. The zero-order valence-electron chi connectivity index (χ0n) is 13.8. The summed E-state index contributed by atoms with van der Waals surface area (Å²) < 4.78 is 5.90. The van der Waals surface area contributed by atoms with Crippen molar-refractivity contribution >= 4 is 23.5 Å². The van der Waals surface area contributed by atoms with Gasteiger partial charge < -0.3 is 15.2 Å². The Kier molecular flexibility index (Phi) is 7.06. The van der Waals surface area contributed by atoms with Crippen molar-refractivity contribution in [1.82, 2.24) is 5.32 Å². The van der Waals surface area contributed by atoms with Crippen LogP contribution in [0.1, 0.15) is 57.1 Å². The number of benzene rings is 1. The molecule has 6 heteroatoms. The molecule has 2 rings (SSSR count). The van der Waals surface area contributed by atoms with Crippen molar-refractivity contribution in [2.45, 2.75) is 63.7 Å². The smallest absolute Gasteiger partial charge is 0.305 e. The van der Waals surface area contributed by atoms with Gasteiger partial charge in [-0.05, 0) is 37.0 Å². The molecule has 5 nitrogen and oxygen atoms in total. The molecule has 1 aliphatic carbocycles. The van der Waals surface area contributed by atoms with Crippen molar-refractivity contribution in [3.8, 4) is 0 Å². The van der Waals surface area contributed by atoms with E-state index in [1.54, 1.807) is 24.3 Å². The van der Waals surface area contributed by atoms with Crippen LogP contribution in [0.2, 0.25) is 5.02 Å². The standard InChI is InChI=1S/C18H24ClNO4/c1-2-16(24-14-5-3-4-6-14)18(23)20-15(11-17(21)22)12-7-9-13(19)10-8-12/h7-10,14-16H,2-6,11H2,1H3,(H,20,23)(H,21,22)/t15-,16?/m0/s1. The Morgan fingerprint density at radius 3 is 2.46 bits per heavy atom. The highest BCUT2D eigenvalue weighted by atomic mass is 35.5. The van der Waals surface area contributed by atoms with Crippen molar-refractivity contribution in [2.75, 3.05) is 0 Å². The van der Waals surface area contributed by atoms with E-state index in [0.717, 1.165) is 25.7 Å². The number of nitrogens with one attached hydrogen (secondary N) is 1. The van der Waals surface area contributed by atoms with Gasteiger partial charge >= 0.3 is 5.97 Å². The van der Waals surface area contributed by atoms with E-state index >= 15 is 0 Å². The number of halogens is 1. The second-order valence-corrected chi connectivity index (χ2v) is 6.59. The maximum absolute atomic E-state index is 12.5. The van der Waals surface area contributed by atoms with Gasteiger partial charge in [-0.1, -0.05) is 43.5 Å². The van der Waals surface area contributed by atoms with Crippen LogP contribution in [-0.4, -0.2) is 29.2 Å². The number of carbonyl (C=O) groups is 2. The van der Waals surface area contributed by atoms with Gasteiger partial charge in [0.05, 0.1) is 18.6 Å². The Morgan fingerprint density at radius 2 is 1.92 bits per heavy atom. The van der Waals surface area contributed by atoms with Crippen LogP contribution in [0.5, 0.6) is 0 Å². The highest BCUT2D eigenvalue weighted by Gasteiger charge is 2.27. The zero-order chi connectivity index (χ0) is 17.5. The molecule has 1 aromatic carbocycles. The van der Waals surface area contributed by atoms with E-state index in [-0.39, 0.29) is 18.4 Å². The van der Waals surface area contributed by atoms with Gasteiger partial charge in [0.15, 0.2) is 0 Å². The molecule has 0 aromatic heterocycles. The summed E-state index contributed by atoms with van der Waals surface area (Å²) in [6.07, 6.45) is 4.20. The summed E-state index contributed by atoms with van der Waals surface area (Å²) in [7, 11) is 0. The number of carbonyl (C=O) groups excluding carboxylic acids is 1. The molecular formula is C18H24ClNO4. The quantitative estimate of drug-likeness (QED) is 0.747. The van der Waals surface area contributed by atoms with Crippen LogP contribution in [0.15, 0.2) is 24.3 Å². The van der Waals surface area contributed by atoms with Crippen LogP contribution in [0.25, 0.3) is 0 Å². The van der Waals surface area contributed by atoms with Crippen LogP contribution in [-0.2, 0) is 14.3 Å². The maximum Gasteiger partial charge on any atom is 0.305 e. The monoisotopic (exact) mass is 353 g/mol. The molecule has 1 aromatic rings. The van der Waals surface area contributed by atoms with Crippen molar-refractivity contribution < 1.29 is 19.4 Å². The van der Waals surface area contributed by atoms with Crippen LogP contribution in [0.4, 0.5) is 0 Å². The Hall–Kier alpha value is -1.59. The minimum atomic E-state index is -0.972. The predicted octanol–water partition coefficient (Wildman–Crippen LogP) is 3.71. The van der Waals surface area contributed by atoms with Crippen molar-refractivity contribution in [1.29, 1.82) is 0 Å². The minimum Gasteiger partial charge on any atom is -0.481 e. The van der Waals surface area contributed by atoms with Gasteiger partial charge in [0.25, 0.3) is 0 Å². The third kappa shape index (κ3) is 5.49. The SMILES string of the molecule is CCC(OC1CCCC1)C(=O)N[C@@H](CC(=O)O)c1ccc(Cl)cc1. The summed E-state index contributed by atoms with van der Waals surface area (Å²) in [4.78, 5) is 23.7. The van der Waals surface area contributed by atoms with Gasteiger partial charge in [0, 0.05) is 5.02 Å². The number of rotatable bonds is 8. The molecule has 1 unspecified atom stereocenters. The first-order valence-electron chi connectivity index (χ1n) is 8.42. The van der Waals surface area contributed by atoms with Crippen LogP contribution < -0.4 is 5.32 Å². The maximum atomic E-state index is 12.5. The Morgan fingerprint density at radius 1 is 1.29 bits per heavy atom. The molecule has 24 heavy (non-hydrogen) atoms. The molecule has 0 bridgehead atoms. The normalized spacial score (nSPS) is 17.4. The third-order valence-corrected chi connectivity index (χ3v) is 4.54. The lowest BCUT2D eigenvalue weighted by Gasteiger charge is -2.24. The van der Waals surface area contributed by atoms with E-state index in [4.69, 9.17) is 21.4 Å². The summed E-state index contributed by atoms with van der Waals surface area (Å²) in [5.41, 5.74) is 0.714. The van der Waals surface area contributed by atoms with Gasteiger partial charge in [-0.2, -0.15) is 0 Å². The zero-order valence-corrected chi connectivity index (χ0v) is 14.6. The number of carboxylic acid groups (broad SMARTS) is 1. The highest BCUT2D eigenvalue weighted by Crippen LogP contribution is 2.24. The summed E-state index contributed by atoms with van der Waals surface area (Å²) in [5.74, 6) is -1.23. The molecule has 1 saturated carbocycles. The Bertz CT molecular complexity index is 555. The van der Waals surface area contributed by atoms with Gasteiger partial charge in [-0.15, -0.1) is 0 Å². The van der Waals surface area contributed by atoms with E-state index in [1.807, 2.05) is 6.92 Å². The molecule has 2 N–H and O–H groups in total. The molecule has 0 heterocycles. The number of amides is 1. The molecule has 1 aliphatic rings. The average molecular weight is 354 g/mol. The highest BCUT2D eigenvalue weighted by molar-refractivity contribution is 6.30. The van der Waals surface area contributed by atoms with E-state index in [1.165, 1.54) is 0 Å². The number of hydrogen-bond donors (Lipinski definition) is 2. The Balaban J connectivity index is 2.04. The lowest BCUT2D eigenvalue weighted by atomic mass is 10.0. The predicted molar refractivity (Wildman–Crippen MR) is 92.0 cm³/mol. The van der Waals surface area contributed by atoms with E-state index in [2.05, 4.69) is 5.32 Å². The van der Waals surface area contributed by atoms with Crippen molar-refractivity contribution in [3.63, 3.8) is 0 Å². The van der Waals surface area contributed by atoms with E-state index < -0.39 is 18.1 Å². The topological polar surface area (TPSA) is 75.6 Å². The van der Waals surface area contributed by atoms with Crippen LogP contribution in [0.3, 0.4) is 0 Å². The molecule has 0 radical (unpaired) electrons. The first-order chi connectivity index (χ1) is 11.5. The summed E-state index contributed by atoms with van der Waals surface area (Å²) in [6, 6.07) is 6.23. The summed E-state index contributed by atoms with van der Waals surface area (Å²) >= 11 is 5.87. The molecule has 0 spiro atoms. The van der Waals surface area contributed by atoms with Gasteiger partial charge in [-0.25, -0.2) is 0 Å². The fraction of sp³-hybridized carbons (Fsp3) is 0.556. The first kappa shape index (κ1) is 18.7. The second-order valence-electron chi connectivity index (χ2n) is 6.15. The van der Waals surface area contributed by atoms with Crippen LogP contribution >= 0.6 is 11.6 Å². The Labute approximate surface area is 147 Å². The van der Waals surface area contributed by atoms with Gasteiger partial charge in [0.2, 0.25) is 5.91 Å². The van der Waals surface area contributed by atoms with Crippen molar-refractivity contribution in [2.24, 2.45) is 0 Å². The largest absolute Gasteiger partial charge is 0.481 e. The van der Waals surface area contributed by atoms with E-state index in [9.17, 15) is 9.59 Å². The third-order valence-electron chi connectivity index (χ3n) is 4.29. The molecular weight excluding hydrogens is 330 g/mol. The number of ether oxygens (including phenoxy) is 1.